The molecule has 7 heteroatoms. The Morgan fingerprint density at radius 1 is 1.30 bits per heavy atom. The van der Waals surface area contributed by atoms with Crippen LogP contribution in [0.4, 0.5) is 0 Å². The smallest absolute Gasteiger partial charge is 0.241 e. The van der Waals surface area contributed by atoms with Gasteiger partial charge in [-0.1, -0.05) is 12.1 Å². The van der Waals surface area contributed by atoms with Gasteiger partial charge in [0, 0.05) is 29.3 Å². The van der Waals surface area contributed by atoms with Crippen LogP contribution in [0, 0.1) is 13.8 Å². The lowest BCUT2D eigenvalue weighted by molar-refractivity contribution is 0.580. The van der Waals surface area contributed by atoms with Crippen LogP contribution in [0.2, 0.25) is 0 Å². The van der Waals surface area contributed by atoms with Gasteiger partial charge in [-0.25, -0.2) is 13.1 Å². The summed E-state index contributed by atoms with van der Waals surface area (Å²) in [6, 6.07) is 6.74. The Morgan fingerprint density at radius 2 is 1.95 bits per heavy atom. The van der Waals surface area contributed by atoms with E-state index in [4.69, 9.17) is 0 Å². The minimum Gasteiger partial charge on any atom is -0.272 e. The van der Waals surface area contributed by atoms with Gasteiger partial charge >= 0.3 is 0 Å². The predicted molar refractivity (Wildman–Crippen MR) is 80.8 cm³/mol. The first kappa shape index (κ1) is 15.2. The van der Waals surface area contributed by atoms with E-state index in [9.17, 15) is 8.42 Å². The molecule has 108 valence electrons. The lowest BCUT2D eigenvalue weighted by Crippen LogP contribution is -2.24. The molecule has 20 heavy (non-hydrogen) atoms. The fourth-order valence-corrected chi connectivity index (χ4v) is 3.98. The van der Waals surface area contributed by atoms with Crippen molar-refractivity contribution in [1.82, 2.24) is 14.5 Å². The van der Waals surface area contributed by atoms with Crippen molar-refractivity contribution in [2.75, 3.05) is 0 Å². The van der Waals surface area contributed by atoms with Crippen LogP contribution < -0.4 is 4.72 Å². The van der Waals surface area contributed by atoms with Crippen LogP contribution in [0.15, 0.2) is 33.6 Å². The second kappa shape index (κ2) is 5.67. The van der Waals surface area contributed by atoms with E-state index in [0.717, 1.165) is 17.0 Å². The van der Waals surface area contributed by atoms with Crippen molar-refractivity contribution in [1.29, 1.82) is 0 Å². The molecular formula is C13H16BrN3O2S. The van der Waals surface area contributed by atoms with Gasteiger partial charge in [0.1, 0.15) is 0 Å². The molecule has 2 rings (SSSR count). The van der Waals surface area contributed by atoms with Crippen molar-refractivity contribution in [2.45, 2.75) is 25.3 Å². The van der Waals surface area contributed by atoms with E-state index in [-0.39, 0.29) is 11.4 Å². The first-order chi connectivity index (χ1) is 9.33. The standard InChI is InChI=1S/C13H16BrN3O2S/c1-9-11(10(2)17(3)16-9)8-15-20(18,19)13-7-5-4-6-12(13)14/h4-7,15H,8H2,1-3H3. The highest BCUT2D eigenvalue weighted by Gasteiger charge is 2.18. The molecule has 0 saturated heterocycles. The summed E-state index contributed by atoms with van der Waals surface area (Å²) in [6.07, 6.45) is 0. The monoisotopic (exact) mass is 357 g/mol. The van der Waals surface area contributed by atoms with Gasteiger partial charge in [-0.15, -0.1) is 0 Å². The first-order valence-corrected chi connectivity index (χ1v) is 8.34. The molecule has 2 aromatic rings. The predicted octanol–water partition coefficient (Wildman–Crippen LogP) is 2.28. The highest BCUT2D eigenvalue weighted by atomic mass is 79.9. The van der Waals surface area contributed by atoms with Gasteiger partial charge in [-0.2, -0.15) is 5.10 Å². The topological polar surface area (TPSA) is 64.0 Å². The Kier molecular flexibility index (Phi) is 4.31. The zero-order chi connectivity index (χ0) is 14.9. The Morgan fingerprint density at radius 3 is 2.50 bits per heavy atom. The maximum Gasteiger partial charge on any atom is 0.241 e. The molecule has 1 aromatic carbocycles. The van der Waals surface area contributed by atoms with Crippen LogP contribution >= 0.6 is 15.9 Å². The van der Waals surface area contributed by atoms with Crippen LogP contribution in [0.1, 0.15) is 17.0 Å². The summed E-state index contributed by atoms with van der Waals surface area (Å²) >= 11 is 3.26. The summed E-state index contributed by atoms with van der Waals surface area (Å²) < 4.78 is 29.5. The average Bonchev–Trinajstić information content (AvgIpc) is 2.61. The van der Waals surface area contributed by atoms with Gasteiger partial charge in [0.2, 0.25) is 10.0 Å². The molecule has 0 bridgehead atoms. The molecule has 0 aliphatic carbocycles. The fourth-order valence-electron chi connectivity index (χ4n) is 1.98. The number of aryl methyl sites for hydroxylation is 2. The van der Waals surface area contributed by atoms with E-state index in [2.05, 4.69) is 25.8 Å². The third-order valence-electron chi connectivity index (χ3n) is 3.22. The third kappa shape index (κ3) is 2.94. The Balaban J connectivity index is 2.24. The van der Waals surface area contributed by atoms with Crippen molar-refractivity contribution in [3.8, 4) is 0 Å². The molecule has 1 heterocycles. The van der Waals surface area contributed by atoms with Crippen LogP contribution in [-0.4, -0.2) is 18.2 Å². The van der Waals surface area contributed by atoms with Crippen LogP contribution in [-0.2, 0) is 23.6 Å². The highest BCUT2D eigenvalue weighted by Crippen LogP contribution is 2.21. The quantitative estimate of drug-likeness (QED) is 0.912. The molecule has 0 spiro atoms. The molecule has 0 fully saturated rings. The summed E-state index contributed by atoms with van der Waals surface area (Å²) in [7, 11) is -1.71. The molecule has 1 aromatic heterocycles. The number of nitrogens with zero attached hydrogens (tertiary/aromatic N) is 2. The van der Waals surface area contributed by atoms with Crippen LogP contribution in [0.3, 0.4) is 0 Å². The molecule has 0 radical (unpaired) electrons. The van der Waals surface area contributed by atoms with E-state index in [1.807, 2.05) is 20.9 Å². The van der Waals surface area contributed by atoms with Gasteiger partial charge in [0.25, 0.3) is 0 Å². The number of rotatable bonds is 4. The molecule has 0 aliphatic heterocycles. The van der Waals surface area contributed by atoms with Crippen molar-refractivity contribution in [3.63, 3.8) is 0 Å². The molecule has 0 aliphatic rings. The van der Waals surface area contributed by atoms with Crippen molar-refractivity contribution in [2.24, 2.45) is 7.05 Å². The van der Waals surface area contributed by atoms with Crippen LogP contribution in [0.25, 0.3) is 0 Å². The second-order valence-electron chi connectivity index (χ2n) is 4.53. The molecule has 0 saturated carbocycles. The van der Waals surface area contributed by atoms with E-state index in [0.29, 0.717) is 4.47 Å². The summed E-state index contributed by atoms with van der Waals surface area (Å²) in [5.74, 6) is 0. The zero-order valence-electron chi connectivity index (χ0n) is 11.5. The lowest BCUT2D eigenvalue weighted by atomic mass is 10.2. The van der Waals surface area contributed by atoms with Gasteiger partial charge in [-0.05, 0) is 41.9 Å². The maximum atomic E-state index is 12.3. The summed E-state index contributed by atoms with van der Waals surface area (Å²) in [5, 5.41) is 4.27. The number of halogens is 1. The maximum absolute atomic E-state index is 12.3. The molecule has 5 nitrogen and oxygen atoms in total. The first-order valence-electron chi connectivity index (χ1n) is 6.06. The van der Waals surface area contributed by atoms with Gasteiger partial charge < -0.3 is 0 Å². The number of sulfonamides is 1. The Labute approximate surface area is 127 Å². The minimum absolute atomic E-state index is 0.231. The zero-order valence-corrected chi connectivity index (χ0v) is 13.9. The normalized spacial score (nSPS) is 11.8. The van der Waals surface area contributed by atoms with Crippen molar-refractivity contribution >= 4 is 26.0 Å². The number of nitrogens with one attached hydrogen (secondary N) is 1. The molecular weight excluding hydrogens is 342 g/mol. The fraction of sp³-hybridized carbons (Fsp3) is 0.308. The number of hydrogen-bond acceptors (Lipinski definition) is 3. The SMILES string of the molecule is Cc1nn(C)c(C)c1CNS(=O)(=O)c1ccccc1Br. The van der Waals surface area contributed by atoms with E-state index in [1.165, 1.54) is 0 Å². The minimum atomic E-state index is -3.55. The number of benzene rings is 1. The molecule has 0 unspecified atom stereocenters. The van der Waals surface area contributed by atoms with Gasteiger partial charge in [0.05, 0.1) is 10.6 Å². The molecule has 0 atom stereocenters. The average molecular weight is 358 g/mol. The Hall–Kier alpha value is -1.18. The Bertz CT molecular complexity index is 738. The summed E-state index contributed by atoms with van der Waals surface area (Å²) in [6.45, 7) is 4.02. The van der Waals surface area contributed by atoms with Crippen LogP contribution in [0.5, 0.6) is 0 Å². The van der Waals surface area contributed by atoms with Crippen molar-refractivity contribution < 1.29 is 8.42 Å². The summed E-state index contributed by atoms with van der Waals surface area (Å²) in [4.78, 5) is 0.235. The van der Waals surface area contributed by atoms with Crippen molar-refractivity contribution in [3.05, 3.63) is 45.7 Å². The van der Waals surface area contributed by atoms with E-state index in [1.54, 1.807) is 28.9 Å². The molecule has 1 N–H and O–H groups in total. The third-order valence-corrected chi connectivity index (χ3v) is 5.64. The second-order valence-corrected chi connectivity index (χ2v) is 7.12. The number of hydrogen-bond donors (Lipinski definition) is 1. The van der Waals surface area contributed by atoms with E-state index >= 15 is 0 Å². The lowest BCUT2D eigenvalue weighted by Gasteiger charge is -2.08. The largest absolute Gasteiger partial charge is 0.272 e. The molecule has 0 amide bonds. The van der Waals surface area contributed by atoms with E-state index < -0.39 is 10.0 Å². The highest BCUT2D eigenvalue weighted by molar-refractivity contribution is 9.10. The summed E-state index contributed by atoms with van der Waals surface area (Å²) in [5.41, 5.74) is 2.69. The van der Waals surface area contributed by atoms with Gasteiger partial charge in [-0.3, -0.25) is 4.68 Å². The van der Waals surface area contributed by atoms with Gasteiger partial charge in [0.15, 0.2) is 0 Å². The number of aromatic nitrogens is 2.